The molecule has 0 saturated heterocycles. The molecule has 1 unspecified atom stereocenters. The molecule has 0 N–H and O–H groups in total. The molecule has 0 spiro atoms. The minimum absolute atomic E-state index is 0.0847. The first-order valence-electron chi connectivity index (χ1n) is 10.1. The number of carbonyl (C=O) groups excluding carboxylic acids is 2. The van der Waals surface area contributed by atoms with Crippen LogP contribution in [0.4, 0.5) is 5.69 Å². The molecule has 0 fully saturated rings. The minimum atomic E-state index is -0.582. The van der Waals surface area contributed by atoms with E-state index < -0.39 is 5.92 Å². The first-order valence-corrected chi connectivity index (χ1v) is 11.0. The van der Waals surface area contributed by atoms with Gasteiger partial charge in [-0.1, -0.05) is 18.2 Å². The van der Waals surface area contributed by atoms with Crippen LogP contribution in [0.25, 0.3) is 0 Å². The molecule has 5 nitrogen and oxygen atoms in total. The van der Waals surface area contributed by atoms with E-state index in [1.165, 1.54) is 12.0 Å². The monoisotopic (exact) mass is 422 g/mol. The summed E-state index contributed by atoms with van der Waals surface area (Å²) in [7, 11) is 5.36. The number of aliphatic imine (C=N–C) groups is 1. The number of hydrogen-bond donors (Lipinski definition) is 0. The molecule has 2 aromatic rings. The molecule has 0 saturated carbocycles. The van der Waals surface area contributed by atoms with E-state index in [2.05, 4.69) is 6.07 Å². The van der Waals surface area contributed by atoms with Crippen molar-refractivity contribution in [3.63, 3.8) is 0 Å². The largest absolute Gasteiger partial charge is 0.468 e. The predicted octanol–water partition coefficient (Wildman–Crippen LogP) is 4.56. The molecule has 2 aliphatic rings. The van der Waals surface area contributed by atoms with Crippen molar-refractivity contribution in [1.29, 1.82) is 0 Å². The summed E-state index contributed by atoms with van der Waals surface area (Å²) in [5.74, 6) is -1.06. The molecule has 1 aliphatic heterocycles. The van der Waals surface area contributed by atoms with Crippen molar-refractivity contribution in [2.75, 3.05) is 26.1 Å². The van der Waals surface area contributed by atoms with Gasteiger partial charge in [-0.2, -0.15) is 0 Å². The molecule has 3 atom stereocenters. The fraction of sp³-hybridized carbons (Fsp3) is 0.375. The van der Waals surface area contributed by atoms with Gasteiger partial charge < -0.3 is 9.64 Å². The number of carbonyl (C=O) groups is 2. The Morgan fingerprint density at radius 2 is 1.90 bits per heavy atom. The SMILES string of the molecule is COC(=O)C1C(C)=NC2=C(C(=O)C[C@H](c3cccs3)C2)[C@@H]1c1ccc(N(C)C)cc1. The van der Waals surface area contributed by atoms with Crippen LogP contribution in [-0.4, -0.2) is 38.7 Å². The summed E-state index contributed by atoms with van der Waals surface area (Å²) in [4.78, 5) is 34.1. The third kappa shape index (κ3) is 3.60. The van der Waals surface area contributed by atoms with Crippen LogP contribution >= 0.6 is 11.3 Å². The molecular formula is C24H26N2O3S. The van der Waals surface area contributed by atoms with Crippen LogP contribution in [0.15, 0.2) is 58.0 Å². The number of allylic oxidation sites excluding steroid dienone is 2. The normalized spacial score (nSPS) is 23.7. The molecule has 6 heteroatoms. The van der Waals surface area contributed by atoms with Gasteiger partial charge in [0, 0.05) is 59.9 Å². The fourth-order valence-electron chi connectivity index (χ4n) is 4.56. The first kappa shape index (κ1) is 20.5. The lowest BCUT2D eigenvalue weighted by Gasteiger charge is -2.36. The summed E-state index contributed by atoms with van der Waals surface area (Å²) < 4.78 is 5.11. The van der Waals surface area contributed by atoms with Crippen LogP contribution in [0.2, 0.25) is 0 Å². The van der Waals surface area contributed by atoms with Crippen molar-refractivity contribution < 1.29 is 14.3 Å². The second-order valence-corrected chi connectivity index (χ2v) is 9.10. The van der Waals surface area contributed by atoms with Gasteiger partial charge in [-0.05, 0) is 42.5 Å². The van der Waals surface area contributed by atoms with E-state index in [1.54, 1.807) is 11.3 Å². The van der Waals surface area contributed by atoms with Crippen LogP contribution < -0.4 is 4.90 Å². The summed E-state index contributed by atoms with van der Waals surface area (Å²) in [6.45, 7) is 1.87. The van der Waals surface area contributed by atoms with E-state index in [4.69, 9.17) is 9.73 Å². The molecule has 1 aromatic carbocycles. The molecule has 1 aliphatic carbocycles. The molecule has 1 aromatic heterocycles. The highest BCUT2D eigenvalue weighted by Crippen LogP contribution is 2.47. The Bertz CT molecular complexity index is 1020. The smallest absolute Gasteiger partial charge is 0.315 e. The molecule has 156 valence electrons. The van der Waals surface area contributed by atoms with E-state index in [0.717, 1.165) is 23.4 Å². The maximum absolute atomic E-state index is 13.4. The lowest BCUT2D eigenvalue weighted by atomic mass is 9.70. The van der Waals surface area contributed by atoms with E-state index in [0.29, 0.717) is 17.7 Å². The van der Waals surface area contributed by atoms with Gasteiger partial charge in [-0.3, -0.25) is 14.6 Å². The van der Waals surface area contributed by atoms with Crippen molar-refractivity contribution in [3.8, 4) is 0 Å². The third-order valence-electron chi connectivity index (χ3n) is 6.06. The van der Waals surface area contributed by atoms with Crippen molar-refractivity contribution in [1.82, 2.24) is 0 Å². The van der Waals surface area contributed by atoms with Crippen molar-refractivity contribution in [3.05, 3.63) is 63.5 Å². The number of thiophene rings is 1. The number of hydrogen-bond acceptors (Lipinski definition) is 6. The number of nitrogens with zero attached hydrogens (tertiary/aromatic N) is 2. The number of ketones is 1. The zero-order chi connectivity index (χ0) is 21.4. The zero-order valence-corrected chi connectivity index (χ0v) is 18.5. The highest BCUT2D eigenvalue weighted by molar-refractivity contribution is 7.10. The van der Waals surface area contributed by atoms with Crippen LogP contribution in [0.3, 0.4) is 0 Å². The van der Waals surface area contributed by atoms with Gasteiger partial charge in [0.1, 0.15) is 5.92 Å². The van der Waals surface area contributed by atoms with Crippen LogP contribution in [0, 0.1) is 5.92 Å². The van der Waals surface area contributed by atoms with Gasteiger partial charge in [0.2, 0.25) is 0 Å². The number of esters is 1. The molecule has 4 rings (SSSR count). The lowest BCUT2D eigenvalue weighted by molar-refractivity contribution is -0.143. The van der Waals surface area contributed by atoms with Crippen molar-refractivity contribution in [2.24, 2.45) is 10.9 Å². The summed E-state index contributed by atoms with van der Waals surface area (Å²) in [5, 5.41) is 2.04. The van der Waals surface area contributed by atoms with E-state index >= 15 is 0 Å². The van der Waals surface area contributed by atoms with Gasteiger partial charge in [0.25, 0.3) is 0 Å². The Morgan fingerprint density at radius 1 is 1.17 bits per heavy atom. The van der Waals surface area contributed by atoms with Crippen molar-refractivity contribution >= 4 is 34.5 Å². The number of rotatable bonds is 4. The number of Topliss-reactive ketones (excluding diaryl/α,β-unsaturated/α-hetero) is 1. The molecular weight excluding hydrogens is 396 g/mol. The summed E-state index contributed by atoms with van der Waals surface area (Å²) in [6.07, 6.45) is 1.17. The standard InChI is InChI=1S/C24H26N2O3S/c1-14-21(24(28)29-4)22(15-7-9-17(10-8-15)26(2)3)23-18(25-14)12-16(13-19(23)27)20-6-5-11-30-20/h5-11,16,21-22H,12-13H2,1-4H3/t16-,21?,22-/m1/s1. The maximum Gasteiger partial charge on any atom is 0.315 e. The molecule has 0 amide bonds. The van der Waals surface area contributed by atoms with E-state index in [9.17, 15) is 9.59 Å². The Labute approximate surface area is 181 Å². The Morgan fingerprint density at radius 3 is 2.50 bits per heavy atom. The van der Waals surface area contributed by atoms with Gasteiger partial charge in [0.15, 0.2) is 5.78 Å². The van der Waals surface area contributed by atoms with E-state index in [1.807, 2.05) is 61.6 Å². The first-order chi connectivity index (χ1) is 14.4. The highest BCUT2D eigenvalue weighted by Gasteiger charge is 2.44. The number of methoxy groups -OCH3 is 1. The number of benzene rings is 1. The zero-order valence-electron chi connectivity index (χ0n) is 17.7. The Balaban J connectivity index is 1.80. The van der Waals surface area contributed by atoms with Crippen molar-refractivity contribution in [2.45, 2.75) is 31.6 Å². The summed E-state index contributed by atoms with van der Waals surface area (Å²) in [5.41, 5.74) is 4.23. The molecule has 0 bridgehead atoms. The summed E-state index contributed by atoms with van der Waals surface area (Å²) >= 11 is 1.68. The van der Waals surface area contributed by atoms with Gasteiger partial charge in [0.05, 0.1) is 7.11 Å². The predicted molar refractivity (Wildman–Crippen MR) is 120 cm³/mol. The topological polar surface area (TPSA) is 59.0 Å². The quantitative estimate of drug-likeness (QED) is 0.678. The highest BCUT2D eigenvalue weighted by atomic mass is 32.1. The molecule has 30 heavy (non-hydrogen) atoms. The number of anilines is 1. The molecule has 2 heterocycles. The van der Waals surface area contributed by atoms with Gasteiger partial charge in [-0.15, -0.1) is 11.3 Å². The summed E-state index contributed by atoms with van der Waals surface area (Å²) in [6, 6.07) is 12.2. The second kappa shape index (κ2) is 8.19. The van der Waals surface area contributed by atoms with Gasteiger partial charge >= 0.3 is 5.97 Å². The van der Waals surface area contributed by atoms with Gasteiger partial charge in [-0.25, -0.2) is 0 Å². The number of ether oxygens (including phenoxy) is 1. The van der Waals surface area contributed by atoms with Crippen LogP contribution in [0.5, 0.6) is 0 Å². The Hall–Kier alpha value is -2.73. The van der Waals surface area contributed by atoms with Crippen LogP contribution in [-0.2, 0) is 14.3 Å². The minimum Gasteiger partial charge on any atom is -0.468 e. The molecule has 0 radical (unpaired) electrons. The fourth-order valence-corrected chi connectivity index (χ4v) is 5.39. The maximum atomic E-state index is 13.4. The van der Waals surface area contributed by atoms with E-state index in [-0.39, 0.29) is 23.6 Å². The average molecular weight is 423 g/mol. The average Bonchev–Trinajstić information content (AvgIpc) is 3.27. The van der Waals surface area contributed by atoms with Crippen LogP contribution in [0.1, 0.15) is 42.0 Å². The third-order valence-corrected chi connectivity index (χ3v) is 7.09. The second-order valence-electron chi connectivity index (χ2n) is 8.12. The lowest BCUT2D eigenvalue weighted by Crippen LogP contribution is -2.37. The Kier molecular flexibility index (Phi) is 5.60.